The molecule has 4 bridgehead atoms. The van der Waals surface area contributed by atoms with Crippen molar-refractivity contribution in [3.63, 3.8) is 0 Å². The standard InChI is InChI=1S/C41H38F3N3O10S/c1-18-12-23-25-13-22-14-46(25)31(28(23)37(33(18)52-4)57-27(49)11-10-21-8-6-5-7-9-21)32-38-30-29(36-35(54-17-55-36)19(2)34(30)56-20(3)48)26(47(22)32)15-53-39(50)24(16-58-38)45-40(51)41(42,43)44/h5-12,22,24-26,31-32,38H,13-17H2,1-4H3,(H,45,51)/b11-10+/t22-,24?,25-,26+,31?,32?,38-/m1/s1. The summed E-state index contributed by atoms with van der Waals surface area (Å²) in [6, 6.07) is 7.67. The first-order valence-electron chi connectivity index (χ1n) is 18.8. The van der Waals surface area contributed by atoms with E-state index in [0.29, 0.717) is 46.9 Å². The average Bonchev–Trinajstić information content (AvgIpc) is 3.89. The van der Waals surface area contributed by atoms with Gasteiger partial charge in [-0.3, -0.25) is 19.4 Å². The van der Waals surface area contributed by atoms with Gasteiger partial charge in [0.25, 0.3) is 0 Å². The third-order valence-corrected chi connectivity index (χ3v) is 13.2. The number of methoxy groups -OCH3 is 1. The minimum absolute atomic E-state index is 0.0989. The number of alkyl halides is 3. The summed E-state index contributed by atoms with van der Waals surface area (Å²) in [5.41, 5.74) is 4.86. The molecule has 58 heavy (non-hydrogen) atoms. The van der Waals surface area contributed by atoms with Crippen molar-refractivity contribution in [2.24, 2.45) is 0 Å². The lowest BCUT2D eigenvalue weighted by atomic mass is 9.77. The van der Waals surface area contributed by atoms with Crippen LogP contribution in [-0.2, 0) is 23.9 Å². The molecule has 3 saturated heterocycles. The van der Waals surface area contributed by atoms with E-state index in [-0.39, 0.29) is 42.7 Å². The summed E-state index contributed by atoms with van der Waals surface area (Å²) < 4.78 is 76.7. The number of hydrogen-bond donors (Lipinski definition) is 1. The number of fused-ring (bicyclic) bond motifs is 9. The summed E-state index contributed by atoms with van der Waals surface area (Å²) in [4.78, 5) is 56.9. The predicted molar refractivity (Wildman–Crippen MR) is 201 cm³/mol. The highest BCUT2D eigenvalue weighted by Gasteiger charge is 2.63. The fraction of sp³-hybridized carbons (Fsp3) is 0.415. The molecule has 0 aliphatic carbocycles. The Balaban J connectivity index is 1.23. The number of hydrogen-bond acceptors (Lipinski definition) is 13. The molecule has 6 heterocycles. The summed E-state index contributed by atoms with van der Waals surface area (Å²) in [5.74, 6) is -3.27. The van der Waals surface area contributed by atoms with E-state index >= 15 is 0 Å². The number of carbonyl (C=O) groups excluding carboxylic acids is 4. The number of thioether (sulfide) groups is 1. The second kappa shape index (κ2) is 14.2. The normalized spacial score (nSPS) is 26.7. The van der Waals surface area contributed by atoms with Gasteiger partial charge in [-0.2, -0.15) is 13.2 Å². The van der Waals surface area contributed by atoms with E-state index in [2.05, 4.69) is 15.9 Å². The van der Waals surface area contributed by atoms with Gasteiger partial charge < -0.3 is 33.7 Å². The topological polar surface area (TPSA) is 142 Å². The second-order valence-electron chi connectivity index (χ2n) is 15.1. The number of piperazine rings is 1. The largest absolute Gasteiger partial charge is 0.493 e. The quantitative estimate of drug-likeness (QED) is 0.188. The highest BCUT2D eigenvalue weighted by molar-refractivity contribution is 7.99. The number of nitrogens with one attached hydrogen (secondary N) is 1. The monoisotopic (exact) mass is 821 g/mol. The van der Waals surface area contributed by atoms with Crippen molar-refractivity contribution in [3.8, 4) is 28.7 Å². The van der Waals surface area contributed by atoms with E-state index in [0.717, 1.165) is 34.0 Å². The van der Waals surface area contributed by atoms with Crippen molar-refractivity contribution in [1.29, 1.82) is 0 Å². The number of amides is 1. The highest BCUT2D eigenvalue weighted by Crippen LogP contribution is 2.68. The number of cyclic esters (lactones) is 1. The molecule has 7 atom stereocenters. The highest BCUT2D eigenvalue weighted by atomic mass is 32.2. The van der Waals surface area contributed by atoms with Crippen LogP contribution in [0.25, 0.3) is 6.08 Å². The molecule has 0 radical (unpaired) electrons. The van der Waals surface area contributed by atoms with Gasteiger partial charge in [0, 0.05) is 65.7 Å². The van der Waals surface area contributed by atoms with Crippen molar-refractivity contribution >= 4 is 41.7 Å². The van der Waals surface area contributed by atoms with E-state index in [1.54, 1.807) is 13.0 Å². The number of nitrogens with zero attached hydrogens (tertiary/aromatic N) is 2. The molecule has 0 spiro atoms. The van der Waals surface area contributed by atoms with Gasteiger partial charge in [-0.25, -0.2) is 9.59 Å². The molecular formula is C41H38F3N3O10S. The zero-order chi connectivity index (χ0) is 40.8. The van der Waals surface area contributed by atoms with Crippen LogP contribution in [0.1, 0.15) is 75.7 Å². The second-order valence-corrected chi connectivity index (χ2v) is 16.2. The molecule has 3 fully saturated rings. The van der Waals surface area contributed by atoms with Crippen LogP contribution in [0.15, 0.2) is 42.5 Å². The van der Waals surface area contributed by atoms with Gasteiger partial charge in [-0.15, -0.1) is 11.8 Å². The van der Waals surface area contributed by atoms with Crippen LogP contribution in [0.4, 0.5) is 13.2 Å². The van der Waals surface area contributed by atoms with E-state index < -0.39 is 59.4 Å². The van der Waals surface area contributed by atoms with Crippen LogP contribution in [0.3, 0.4) is 0 Å². The zero-order valence-electron chi connectivity index (χ0n) is 31.7. The summed E-state index contributed by atoms with van der Waals surface area (Å²) in [6.07, 6.45) is -1.60. The molecule has 304 valence electrons. The van der Waals surface area contributed by atoms with Crippen LogP contribution >= 0.6 is 11.8 Å². The van der Waals surface area contributed by atoms with Crippen molar-refractivity contribution in [2.45, 2.75) is 74.9 Å². The zero-order valence-corrected chi connectivity index (χ0v) is 32.5. The Bertz CT molecular complexity index is 2290. The van der Waals surface area contributed by atoms with Crippen LogP contribution in [0.2, 0.25) is 0 Å². The van der Waals surface area contributed by atoms with Gasteiger partial charge in [0.2, 0.25) is 6.79 Å². The van der Waals surface area contributed by atoms with Gasteiger partial charge in [0.1, 0.15) is 18.4 Å². The number of halogens is 3. The average molecular weight is 822 g/mol. The number of benzene rings is 3. The Hall–Kier alpha value is -5.26. The van der Waals surface area contributed by atoms with Gasteiger partial charge in [-0.1, -0.05) is 36.4 Å². The SMILES string of the molecule is COc1c(C)cc2c(c1OC(=O)/C=C/c1ccccc1)C1C3[C@@H]4SCC(NC(=O)C(F)(F)F)C(=O)OC[C@@H](c5c6c(c(C)c(OC(C)=O)c54)OCO6)N3[C@@H]3C[C@H]2N1C3. The third-order valence-electron chi connectivity index (χ3n) is 11.8. The molecule has 9 rings (SSSR count). The van der Waals surface area contributed by atoms with Crippen LogP contribution in [-0.4, -0.2) is 90.7 Å². The maximum atomic E-state index is 13.7. The maximum Gasteiger partial charge on any atom is 0.471 e. The molecule has 3 aromatic carbocycles. The summed E-state index contributed by atoms with van der Waals surface area (Å²) in [7, 11) is 1.50. The lowest BCUT2D eigenvalue weighted by Crippen LogP contribution is -2.61. The minimum Gasteiger partial charge on any atom is -0.493 e. The Morgan fingerprint density at radius 2 is 1.72 bits per heavy atom. The predicted octanol–water partition coefficient (Wildman–Crippen LogP) is 5.57. The molecule has 3 unspecified atom stereocenters. The maximum absolute atomic E-state index is 13.7. The summed E-state index contributed by atoms with van der Waals surface area (Å²) in [5, 5.41) is 1.12. The Kier molecular flexibility index (Phi) is 9.39. The Morgan fingerprint density at radius 3 is 2.45 bits per heavy atom. The van der Waals surface area contributed by atoms with E-state index in [4.69, 9.17) is 28.4 Å². The fourth-order valence-corrected chi connectivity index (χ4v) is 11.2. The first-order valence-corrected chi connectivity index (χ1v) is 19.8. The molecule has 13 nitrogen and oxygen atoms in total. The molecule has 6 aliphatic rings. The van der Waals surface area contributed by atoms with Crippen LogP contribution < -0.4 is 29.0 Å². The molecule has 3 aromatic rings. The minimum atomic E-state index is -5.25. The number of aryl methyl sites for hydroxylation is 1. The van der Waals surface area contributed by atoms with Gasteiger partial charge in [-0.05, 0) is 43.0 Å². The summed E-state index contributed by atoms with van der Waals surface area (Å²) in [6.45, 7) is 5.03. The smallest absolute Gasteiger partial charge is 0.471 e. The lowest BCUT2D eigenvalue weighted by molar-refractivity contribution is -0.176. The number of carbonyl (C=O) groups is 4. The van der Waals surface area contributed by atoms with Crippen LogP contribution in [0, 0.1) is 13.8 Å². The molecule has 17 heteroatoms. The molecular weight excluding hydrogens is 784 g/mol. The Labute approximate surface area is 334 Å². The van der Waals surface area contributed by atoms with Crippen molar-refractivity contribution in [1.82, 2.24) is 15.1 Å². The van der Waals surface area contributed by atoms with Gasteiger partial charge in [0.15, 0.2) is 23.0 Å². The van der Waals surface area contributed by atoms with Gasteiger partial charge in [0.05, 0.1) is 24.4 Å². The van der Waals surface area contributed by atoms with E-state index in [1.165, 1.54) is 20.1 Å². The molecule has 1 amide bonds. The molecule has 0 saturated carbocycles. The molecule has 6 aliphatic heterocycles. The van der Waals surface area contributed by atoms with Crippen LogP contribution in [0.5, 0.6) is 28.7 Å². The third kappa shape index (κ3) is 6.08. The van der Waals surface area contributed by atoms with E-state index in [9.17, 15) is 32.3 Å². The number of ether oxygens (including phenoxy) is 6. The van der Waals surface area contributed by atoms with Crippen molar-refractivity contribution in [2.75, 3.05) is 32.8 Å². The van der Waals surface area contributed by atoms with Gasteiger partial charge >= 0.3 is 30.0 Å². The molecule has 1 N–H and O–H groups in total. The molecule has 0 aromatic heterocycles. The number of esters is 3. The summed E-state index contributed by atoms with van der Waals surface area (Å²) >= 11 is 1.14. The van der Waals surface area contributed by atoms with Crippen molar-refractivity contribution in [3.05, 3.63) is 81.4 Å². The Morgan fingerprint density at radius 1 is 0.966 bits per heavy atom. The van der Waals surface area contributed by atoms with E-state index in [1.807, 2.05) is 42.6 Å². The fourth-order valence-electron chi connectivity index (χ4n) is 9.74. The van der Waals surface area contributed by atoms with Crippen molar-refractivity contribution < 1.29 is 60.8 Å². The number of rotatable bonds is 6. The first-order chi connectivity index (χ1) is 27.8. The first kappa shape index (κ1) is 38.3. The lowest BCUT2D eigenvalue weighted by Gasteiger charge is -2.56.